The number of methoxy groups -OCH3 is 1. The molecule has 6 heteroatoms. The molecule has 0 saturated heterocycles. The first kappa shape index (κ1) is 16.3. The molecule has 0 fully saturated rings. The summed E-state index contributed by atoms with van der Waals surface area (Å²) >= 11 is 5.93. The summed E-state index contributed by atoms with van der Waals surface area (Å²) in [5, 5.41) is 15.0. The highest BCUT2D eigenvalue weighted by molar-refractivity contribution is 6.32. The van der Waals surface area contributed by atoms with E-state index in [9.17, 15) is 4.79 Å². The predicted molar refractivity (Wildman–Crippen MR) is 78.8 cm³/mol. The van der Waals surface area contributed by atoms with Gasteiger partial charge in [0.25, 0.3) is 0 Å². The van der Waals surface area contributed by atoms with E-state index in [0.29, 0.717) is 29.4 Å². The van der Waals surface area contributed by atoms with Gasteiger partial charge in [-0.2, -0.15) is 5.26 Å². The monoisotopic (exact) mass is 295 g/mol. The molecule has 0 aliphatic rings. The van der Waals surface area contributed by atoms with Crippen molar-refractivity contribution in [2.24, 2.45) is 0 Å². The molecular weight excluding hydrogens is 278 g/mol. The first-order chi connectivity index (χ1) is 9.58. The molecule has 20 heavy (non-hydrogen) atoms. The molecule has 0 bridgehead atoms. The van der Waals surface area contributed by atoms with Gasteiger partial charge in [0.1, 0.15) is 12.1 Å². The van der Waals surface area contributed by atoms with E-state index < -0.39 is 0 Å². The molecule has 1 atom stereocenters. The lowest BCUT2D eigenvalue weighted by molar-refractivity contribution is -0.121. The molecule has 0 heterocycles. The Labute approximate surface area is 123 Å². The number of benzene rings is 1. The number of nitrogens with zero attached hydrogens (tertiary/aromatic N) is 1. The van der Waals surface area contributed by atoms with Crippen molar-refractivity contribution in [2.75, 3.05) is 25.6 Å². The topological polar surface area (TPSA) is 74.2 Å². The zero-order chi connectivity index (χ0) is 15.0. The van der Waals surface area contributed by atoms with E-state index in [1.807, 2.05) is 6.07 Å². The molecule has 0 spiro atoms. The van der Waals surface area contributed by atoms with Gasteiger partial charge >= 0.3 is 0 Å². The number of anilines is 1. The van der Waals surface area contributed by atoms with Crippen molar-refractivity contribution in [3.05, 3.63) is 28.8 Å². The number of carbonyl (C=O) groups excluding carboxylic acids is 1. The van der Waals surface area contributed by atoms with E-state index >= 15 is 0 Å². The molecule has 108 valence electrons. The van der Waals surface area contributed by atoms with E-state index in [0.717, 1.165) is 6.42 Å². The Bertz CT molecular complexity index is 500. The van der Waals surface area contributed by atoms with Gasteiger partial charge in [-0.05, 0) is 31.5 Å². The predicted octanol–water partition coefficient (Wildman–Crippen LogP) is 2.16. The van der Waals surface area contributed by atoms with Gasteiger partial charge in [0.15, 0.2) is 0 Å². The second kappa shape index (κ2) is 8.41. The fourth-order valence-electron chi connectivity index (χ4n) is 1.59. The second-order valence-electron chi connectivity index (χ2n) is 4.31. The van der Waals surface area contributed by atoms with Crippen LogP contribution in [0.25, 0.3) is 0 Å². The Kier molecular flexibility index (Phi) is 6.85. The normalized spacial score (nSPS) is 11.5. The average Bonchev–Trinajstić information content (AvgIpc) is 2.43. The molecule has 0 aliphatic carbocycles. The van der Waals surface area contributed by atoms with Crippen LogP contribution in [0.5, 0.6) is 0 Å². The summed E-state index contributed by atoms with van der Waals surface area (Å²) in [6, 6.07) is 6.57. The second-order valence-corrected chi connectivity index (χ2v) is 4.72. The van der Waals surface area contributed by atoms with Crippen LogP contribution in [0.1, 0.15) is 18.9 Å². The summed E-state index contributed by atoms with van der Waals surface area (Å²) in [7, 11) is 1.63. The highest BCUT2D eigenvalue weighted by atomic mass is 35.5. The Morgan fingerprint density at radius 3 is 2.90 bits per heavy atom. The third kappa shape index (κ3) is 5.08. The first-order valence-electron chi connectivity index (χ1n) is 6.31. The van der Waals surface area contributed by atoms with E-state index in [1.54, 1.807) is 32.2 Å². The molecule has 0 saturated carbocycles. The minimum Gasteiger partial charge on any atom is -0.385 e. The third-order valence-electron chi connectivity index (χ3n) is 2.69. The molecule has 5 nitrogen and oxygen atoms in total. The van der Waals surface area contributed by atoms with Crippen molar-refractivity contribution in [3.8, 4) is 6.07 Å². The highest BCUT2D eigenvalue weighted by Gasteiger charge is 2.12. The molecule has 1 amide bonds. The van der Waals surface area contributed by atoms with Crippen molar-refractivity contribution in [3.63, 3.8) is 0 Å². The summed E-state index contributed by atoms with van der Waals surface area (Å²) in [4.78, 5) is 11.8. The number of nitriles is 1. The lowest BCUT2D eigenvalue weighted by atomic mass is 10.2. The molecule has 1 aromatic carbocycles. The molecule has 0 aromatic heterocycles. The van der Waals surface area contributed by atoms with Crippen molar-refractivity contribution >= 4 is 23.2 Å². The van der Waals surface area contributed by atoms with Crippen LogP contribution >= 0.6 is 11.6 Å². The maximum absolute atomic E-state index is 11.8. The molecule has 1 aromatic rings. The number of rotatable bonds is 7. The standard InChI is InChI=1S/C14H18ClN3O2/c1-10(14(19)17-6-3-7-20-2)18-12-5-4-11(9-16)13(15)8-12/h4-5,8,10,18H,3,6-7H2,1-2H3,(H,17,19). The largest absolute Gasteiger partial charge is 0.385 e. The van der Waals surface area contributed by atoms with E-state index in [2.05, 4.69) is 10.6 Å². The van der Waals surface area contributed by atoms with Gasteiger partial charge in [0.05, 0.1) is 10.6 Å². The summed E-state index contributed by atoms with van der Waals surface area (Å²) in [6.07, 6.45) is 0.775. The molecule has 0 aliphatic heterocycles. The van der Waals surface area contributed by atoms with Gasteiger partial charge < -0.3 is 15.4 Å². The van der Waals surface area contributed by atoms with Gasteiger partial charge in [0, 0.05) is 25.9 Å². The summed E-state index contributed by atoms with van der Waals surface area (Å²) in [5.74, 6) is -0.0958. The fraction of sp³-hybridized carbons (Fsp3) is 0.429. The molecular formula is C14H18ClN3O2. The molecule has 1 rings (SSSR count). The van der Waals surface area contributed by atoms with E-state index in [4.69, 9.17) is 21.6 Å². The van der Waals surface area contributed by atoms with Crippen molar-refractivity contribution in [1.82, 2.24) is 5.32 Å². The fourth-order valence-corrected chi connectivity index (χ4v) is 1.82. The lowest BCUT2D eigenvalue weighted by Gasteiger charge is -2.15. The Morgan fingerprint density at radius 1 is 1.55 bits per heavy atom. The van der Waals surface area contributed by atoms with Crippen LogP contribution in [0.15, 0.2) is 18.2 Å². The van der Waals surface area contributed by atoms with Crippen LogP contribution < -0.4 is 10.6 Å². The first-order valence-corrected chi connectivity index (χ1v) is 6.69. The van der Waals surface area contributed by atoms with Gasteiger partial charge in [-0.1, -0.05) is 11.6 Å². The lowest BCUT2D eigenvalue weighted by Crippen LogP contribution is -2.38. The number of hydrogen-bond donors (Lipinski definition) is 2. The summed E-state index contributed by atoms with van der Waals surface area (Å²) in [5.41, 5.74) is 1.11. The Hall–Kier alpha value is -1.77. The summed E-state index contributed by atoms with van der Waals surface area (Å²) in [6.45, 7) is 2.96. The smallest absolute Gasteiger partial charge is 0.242 e. The van der Waals surface area contributed by atoms with Crippen LogP contribution in [-0.4, -0.2) is 32.2 Å². The zero-order valence-corrected chi connectivity index (χ0v) is 12.3. The minimum absolute atomic E-state index is 0.0958. The maximum Gasteiger partial charge on any atom is 0.242 e. The highest BCUT2D eigenvalue weighted by Crippen LogP contribution is 2.20. The quantitative estimate of drug-likeness (QED) is 0.756. The van der Waals surface area contributed by atoms with Crippen molar-refractivity contribution < 1.29 is 9.53 Å². The average molecular weight is 296 g/mol. The van der Waals surface area contributed by atoms with Gasteiger partial charge in [-0.15, -0.1) is 0 Å². The number of amides is 1. The van der Waals surface area contributed by atoms with Crippen LogP contribution in [0.2, 0.25) is 5.02 Å². The van der Waals surface area contributed by atoms with Crippen LogP contribution in [0.4, 0.5) is 5.69 Å². The van der Waals surface area contributed by atoms with Gasteiger partial charge in [0.2, 0.25) is 5.91 Å². The van der Waals surface area contributed by atoms with Crippen LogP contribution in [-0.2, 0) is 9.53 Å². The number of ether oxygens (including phenoxy) is 1. The van der Waals surface area contributed by atoms with Crippen LogP contribution in [0, 0.1) is 11.3 Å². The van der Waals surface area contributed by atoms with E-state index in [-0.39, 0.29) is 11.9 Å². The molecule has 2 N–H and O–H groups in total. The molecule has 0 radical (unpaired) electrons. The third-order valence-corrected chi connectivity index (χ3v) is 3.00. The van der Waals surface area contributed by atoms with Crippen LogP contribution in [0.3, 0.4) is 0 Å². The number of hydrogen-bond acceptors (Lipinski definition) is 4. The van der Waals surface area contributed by atoms with Gasteiger partial charge in [-0.3, -0.25) is 4.79 Å². The molecule has 1 unspecified atom stereocenters. The van der Waals surface area contributed by atoms with Gasteiger partial charge in [-0.25, -0.2) is 0 Å². The SMILES string of the molecule is COCCCNC(=O)C(C)Nc1ccc(C#N)c(Cl)c1. The Morgan fingerprint density at radius 2 is 2.30 bits per heavy atom. The maximum atomic E-state index is 11.8. The minimum atomic E-state index is -0.387. The number of carbonyl (C=O) groups is 1. The number of halogens is 1. The van der Waals surface area contributed by atoms with E-state index in [1.165, 1.54) is 0 Å². The van der Waals surface area contributed by atoms with Crippen molar-refractivity contribution in [1.29, 1.82) is 5.26 Å². The summed E-state index contributed by atoms with van der Waals surface area (Å²) < 4.78 is 4.91. The number of nitrogens with one attached hydrogen (secondary N) is 2. The zero-order valence-electron chi connectivity index (χ0n) is 11.6. The van der Waals surface area contributed by atoms with Crippen molar-refractivity contribution in [2.45, 2.75) is 19.4 Å². The Balaban J connectivity index is 2.49.